The Labute approximate surface area is 119 Å². The third-order valence-corrected chi connectivity index (χ3v) is 3.32. The average molecular weight is 300 g/mol. The molecule has 1 aliphatic heterocycles. The molecular weight excluding hydrogens is 285 g/mol. The van der Waals surface area contributed by atoms with E-state index >= 15 is 0 Å². The molecule has 2 N–H and O–H groups in total. The number of carbonyl (C=O) groups is 2. The van der Waals surface area contributed by atoms with Gasteiger partial charge in [-0.1, -0.05) is 12.1 Å². The number of amides is 2. The summed E-state index contributed by atoms with van der Waals surface area (Å²) in [5, 5.41) is 5.01. The van der Waals surface area contributed by atoms with Gasteiger partial charge in [-0.2, -0.15) is 13.2 Å². The van der Waals surface area contributed by atoms with Crippen LogP contribution in [0.15, 0.2) is 24.3 Å². The van der Waals surface area contributed by atoms with Crippen LogP contribution in [0.2, 0.25) is 0 Å². The van der Waals surface area contributed by atoms with Gasteiger partial charge >= 0.3 is 6.18 Å². The SMILES string of the molecule is O=C(NC1CCCCNC1=O)c1ccccc1C(F)(F)F. The fourth-order valence-corrected chi connectivity index (χ4v) is 2.24. The van der Waals surface area contributed by atoms with Crippen LogP contribution >= 0.6 is 0 Å². The van der Waals surface area contributed by atoms with Gasteiger partial charge < -0.3 is 10.6 Å². The first-order valence-electron chi connectivity index (χ1n) is 6.64. The van der Waals surface area contributed by atoms with E-state index in [1.165, 1.54) is 12.1 Å². The van der Waals surface area contributed by atoms with Crippen LogP contribution in [0.25, 0.3) is 0 Å². The van der Waals surface area contributed by atoms with E-state index in [9.17, 15) is 22.8 Å². The number of hydrogen-bond donors (Lipinski definition) is 2. The monoisotopic (exact) mass is 300 g/mol. The van der Waals surface area contributed by atoms with Crippen molar-refractivity contribution in [2.24, 2.45) is 0 Å². The quantitative estimate of drug-likeness (QED) is 0.879. The number of hydrogen-bond acceptors (Lipinski definition) is 2. The van der Waals surface area contributed by atoms with Crippen molar-refractivity contribution < 1.29 is 22.8 Å². The molecular formula is C14H15F3N2O2. The maximum absolute atomic E-state index is 12.9. The lowest BCUT2D eigenvalue weighted by Gasteiger charge is -2.17. The first-order chi connectivity index (χ1) is 9.89. The van der Waals surface area contributed by atoms with Crippen molar-refractivity contribution in [2.45, 2.75) is 31.5 Å². The predicted octanol–water partition coefficient (Wildman–Crippen LogP) is 2.10. The minimum atomic E-state index is -4.61. The molecule has 0 aromatic heterocycles. The molecule has 0 bridgehead atoms. The molecule has 0 radical (unpaired) electrons. The lowest BCUT2D eigenvalue weighted by atomic mass is 10.0. The molecule has 2 amide bonds. The average Bonchev–Trinajstić information content (AvgIpc) is 2.63. The number of carbonyl (C=O) groups excluding carboxylic acids is 2. The van der Waals surface area contributed by atoms with Crippen LogP contribution in [0.5, 0.6) is 0 Å². The van der Waals surface area contributed by atoms with Gasteiger partial charge in [-0.05, 0) is 31.4 Å². The third-order valence-electron chi connectivity index (χ3n) is 3.32. The Morgan fingerprint density at radius 2 is 1.95 bits per heavy atom. The zero-order chi connectivity index (χ0) is 15.5. The molecule has 1 heterocycles. The molecule has 2 rings (SSSR count). The number of alkyl halides is 3. The summed E-state index contributed by atoms with van der Waals surface area (Å²) in [4.78, 5) is 23.8. The molecule has 4 nitrogen and oxygen atoms in total. The lowest BCUT2D eigenvalue weighted by molar-refractivity contribution is -0.137. The molecule has 0 saturated carbocycles. The highest BCUT2D eigenvalue weighted by atomic mass is 19.4. The smallest absolute Gasteiger partial charge is 0.354 e. The Morgan fingerprint density at radius 3 is 2.67 bits per heavy atom. The van der Waals surface area contributed by atoms with E-state index in [0.29, 0.717) is 13.0 Å². The van der Waals surface area contributed by atoms with Crippen molar-refractivity contribution in [3.8, 4) is 0 Å². The van der Waals surface area contributed by atoms with Crippen LogP contribution in [0.1, 0.15) is 35.2 Å². The summed E-state index contributed by atoms with van der Waals surface area (Å²) in [5.74, 6) is -1.24. The Balaban J connectivity index is 2.19. The summed E-state index contributed by atoms with van der Waals surface area (Å²) < 4.78 is 38.6. The highest BCUT2D eigenvalue weighted by Gasteiger charge is 2.35. The molecule has 1 atom stereocenters. The van der Waals surface area contributed by atoms with Crippen LogP contribution < -0.4 is 10.6 Å². The standard InChI is InChI=1S/C14H15F3N2O2/c15-14(16,17)10-6-2-1-5-9(10)12(20)19-11-7-3-4-8-18-13(11)21/h1-2,5-6,11H,3-4,7-8H2,(H,18,21)(H,19,20). The van der Waals surface area contributed by atoms with E-state index in [1.54, 1.807) is 0 Å². The van der Waals surface area contributed by atoms with Crippen molar-refractivity contribution in [3.05, 3.63) is 35.4 Å². The highest BCUT2D eigenvalue weighted by molar-refractivity contribution is 5.98. The first kappa shape index (κ1) is 15.3. The molecule has 1 aromatic rings. The zero-order valence-electron chi connectivity index (χ0n) is 11.2. The normalized spacial score (nSPS) is 19.6. The maximum Gasteiger partial charge on any atom is 0.417 e. The number of benzene rings is 1. The second-order valence-electron chi connectivity index (χ2n) is 4.86. The second kappa shape index (κ2) is 6.15. The largest absolute Gasteiger partial charge is 0.417 e. The van der Waals surface area contributed by atoms with Crippen molar-refractivity contribution in [1.29, 1.82) is 0 Å². The fourth-order valence-electron chi connectivity index (χ4n) is 2.24. The minimum absolute atomic E-state index is 0.356. The van der Waals surface area contributed by atoms with E-state index in [-0.39, 0.29) is 5.91 Å². The van der Waals surface area contributed by atoms with Crippen molar-refractivity contribution >= 4 is 11.8 Å². The Hall–Kier alpha value is -2.05. The Bertz CT molecular complexity index is 543. The minimum Gasteiger partial charge on any atom is -0.354 e. The summed E-state index contributed by atoms with van der Waals surface area (Å²) >= 11 is 0. The summed E-state index contributed by atoms with van der Waals surface area (Å²) in [6.45, 7) is 0.518. The number of rotatable bonds is 2. The van der Waals surface area contributed by atoms with Gasteiger partial charge in [-0.3, -0.25) is 9.59 Å². The predicted molar refractivity (Wildman–Crippen MR) is 69.6 cm³/mol. The van der Waals surface area contributed by atoms with Gasteiger partial charge in [0, 0.05) is 6.54 Å². The topological polar surface area (TPSA) is 58.2 Å². The molecule has 1 fully saturated rings. The van der Waals surface area contributed by atoms with Crippen LogP contribution in [-0.4, -0.2) is 24.4 Å². The summed E-state index contributed by atoms with van der Waals surface area (Å²) in [5.41, 5.74) is -1.47. The van der Waals surface area contributed by atoms with Crippen molar-refractivity contribution in [3.63, 3.8) is 0 Å². The van der Waals surface area contributed by atoms with E-state index in [1.807, 2.05) is 0 Å². The summed E-state index contributed by atoms with van der Waals surface area (Å²) in [7, 11) is 0. The highest BCUT2D eigenvalue weighted by Crippen LogP contribution is 2.31. The number of nitrogens with one attached hydrogen (secondary N) is 2. The van der Waals surface area contributed by atoms with Crippen LogP contribution in [-0.2, 0) is 11.0 Å². The zero-order valence-corrected chi connectivity index (χ0v) is 11.2. The maximum atomic E-state index is 12.9. The van der Waals surface area contributed by atoms with Gasteiger partial charge in [-0.25, -0.2) is 0 Å². The molecule has 0 aliphatic carbocycles. The fraction of sp³-hybridized carbons (Fsp3) is 0.429. The first-order valence-corrected chi connectivity index (χ1v) is 6.64. The Kier molecular flexibility index (Phi) is 4.50. The Morgan fingerprint density at radius 1 is 1.24 bits per heavy atom. The molecule has 21 heavy (non-hydrogen) atoms. The number of halogens is 3. The molecule has 0 spiro atoms. The summed E-state index contributed by atoms with van der Waals surface area (Å²) in [6.07, 6.45) is -2.67. The van der Waals surface area contributed by atoms with Crippen molar-refractivity contribution in [2.75, 3.05) is 6.54 Å². The molecule has 114 valence electrons. The van der Waals surface area contributed by atoms with Gasteiger partial charge in [0.1, 0.15) is 6.04 Å². The third kappa shape index (κ3) is 3.74. The van der Waals surface area contributed by atoms with E-state index < -0.39 is 29.3 Å². The molecule has 7 heteroatoms. The van der Waals surface area contributed by atoms with Crippen LogP contribution in [0.4, 0.5) is 13.2 Å². The molecule has 1 unspecified atom stereocenters. The van der Waals surface area contributed by atoms with Crippen LogP contribution in [0.3, 0.4) is 0 Å². The van der Waals surface area contributed by atoms with Crippen LogP contribution in [0, 0.1) is 0 Å². The van der Waals surface area contributed by atoms with Gasteiger partial charge in [0.2, 0.25) is 5.91 Å². The summed E-state index contributed by atoms with van der Waals surface area (Å²) in [6, 6.07) is 3.74. The van der Waals surface area contributed by atoms with Crippen molar-refractivity contribution in [1.82, 2.24) is 10.6 Å². The lowest BCUT2D eigenvalue weighted by Crippen LogP contribution is -2.45. The van der Waals surface area contributed by atoms with Gasteiger partial charge in [-0.15, -0.1) is 0 Å². The molecule has 1 aromatic carbocycles. The van der Waals surface area contributed by atoms with E-state index in [2.05, 4.69) is 10.6 Å². The molecule has 1 saturated heterocycles. The second-order valence-corrected chi connectivity index (χ2v) is 4.86. The van der Waals surface area contributed by atoms with Gasteiger partial charge in [0.15, 0.2) is 0 Å². The van der Waals surface area contributed by atoms with E-state index in [4.69, 9.17) is 0 Å². The molecule has 1 aliphatic rings. The van der Waals surface area contributed by atoms with Gasteiger partial charge in [0.05, 0.1) is 11.1 Å². The van der Waals surface area contributed by atoms with E-state index in [0.717, 1.165) is 25.0 Å². The van der Waals surface area contributed by atoms with Gasteiger partial charge in [0.25, 0.3) is 5.91 Å².